The molecule has 1 saturated carbocycles. The number of anilines is 1. The van der Waals surface area contributed by atoms with Crippen molar-refractivity contribution in [3.05, 3.63) is 18.2 Å². The molecule has 21 heavy (non-hydrogen) atoms. The second-order valence-electron chi connectivity index (χ2n) is 5.46. The summed E-state index contributed by atoms with van der Waals surface area (Å²) in [4.78, 5) is 23.7. The van der Waals surface area contributed by atoms with E-state index in [1.165, 1.54) is 0 Å². The third kappa shape index (κ3) is 2.94. The molecule has 1 aromatic rings. The Morgan fingerprint density at radius 1 is 1.33 bits per heavy atom. The highest BCUT2D eigenvalue weighted by Gasteiger charge is 2.41. The number of carbonyl (C=O) groups excluding carboxylic acids is 2. The van der Waals surface area contributed by atoms with Gasteiger partial charge in [-0.05, 0) is 31.4 Å². The van der Waals surface area contributed by atoms with Gasteiger partial charge in [0, 0.05) is 11.8 Å². The van der Waals surface area contributed by atoms with Crippen molar-refractivity contribution in [2.45, 2.75) is 26.4 Å². The zero-order valence-corrected chi connectivity index (χ0v) is 11.9. The lowest BCUT2D eigenvalue weighted by Crippen LogP contribution is -2.30. The number of hydrogen-bond donors (Lipinski definition) is 1. The summed E-state index contributed by atoms with van der Waals surface area (Å²) < 4.78 is 15.6. The van der Waals surface area contributed by atoms with E-state index in [2.05, 4.69) is 5.32 Å². The molecule has 0 spiro atoms. The molecular weight excluding hydrogens is 274 g/mol. The maximum absolute atomic E-state index is 12.0. The van der Waals surface area contributed by atoms with E-state index in [9.17, 15) is 9.59 Å². The molecule has 6 heteroatoms. The maximum atomic E-state index is 12.0. The van der Waals surface area contributed by atoms with Gasteiger partial charge in [-0.1, -0.05) is 6.92 Å². The van der Waals surface area contributed by atoms with Crippen LogP contribution in [0.4, 0.5) is 5.69 Å². The standard InChI is InChI=1S/C15H17NO5/c1-8-5-11(8)15(18)21-9(2)14(17)16-10-3-4-12-13(6-10)20-7-19-12/h3-4,6,8-9,11H,5,7H2,1-2H3,(H,16,17)/t8-,9-,11-/m0/s1. The van der Waals surface area contributed by atoms with Gasteiger partial charge in [-0.2, -0.15) is 0 Å². The number of nitrogens with one attached hydrogen (secondary N) is 1. The largest absolute Gasteiger partial charge is 0.454 e. The van der Waals surface area contributed by atoms with Crippen molar-refractivity contribution in [1.82, 2.24) is 0 Å². The van der Waals surface area contributed by atoms with Crippen LogP contribution in [0.2, 0.25) is 0 Å². The van der Waals surface area contributed by atoms with Crippen LogP contribution in [0.3, 0.4) is 0 Å². The summed E-state index contributed by atoms with van der Waals surface area (Å²) in [5.41, 5.74) is 0.576. The average molecular weight is 291 g/mol. The fourth-order valence-electron chi connectivity index (χ4n) is 2.18. The summed E-state index contributed by atoms with van der Waals surface area (Å²) in [6, 6.07) is 5.11. The minimum absolute atomic E-state index is 0.0502. The Labute approximate surface area is 122 Å². The SMILES string of the molecule is C[C@H](OC(=O)[C@H]1C[C@@H]1C)C(=O)Nc1ccc2c(c1)OCO2. The Hall–Kier alpha value is -2.24. The lowest BCUT2D eigenvalue weighted by atomic mass is 10.2. The first-order chi connectivity index (χ1) is 10.0. The summed E-state index contributed by atoms with van der Waals surface area (Å²) in [5.74, 6) is 0.887. The molecule has 1 amide bonds. The summed E-state index contributed by atoms with van der Waals surface area (Å²) >= 11 is 0. The topological polar surface area (TPSA) is 73.9 Å². The van der Waals surface area contributed by atoms with Crippen molar-refractivity contribution < 1.29 is 23.8 Å². The highest BCUT2D eigenvalue weighted by atomic mass is 16.7. The predicted octanol–water partition coefficient (Wildman–Crippen LogP) is 1.94. The fraction of sp³-hybridized carbons (Fsp3) is 0.467. The minimum Gasteiger partial charge on any atom is -0.454 e. The Morgan fingerprint density at radius 2 is 2.05 bits per heavy atom. The molecule has 1 aliphatic carbocycles. The summed E-state index contributed by atoms with van der Waals surface area (Å²) in [7, 11) is 0. The van der Waals surface area contributed by atoms with Crippen molar-refractivity contribution in [1.29, 1.82) is 0 Å². The number of esters is 1. The monoisotopic (exact) mass is 291 g/mol. The van der Waals surface area contributed by atoms with Crippen molar-refractivity contribution in [3.63, 3.8) is 0 Å². The van der Waals surface area contributed by atoms with Gasteiger partial charge >= 0.3 is 5.97 Å². The average Bonchev–Trinajstić information content (AvgIpc) is 3.00. The van der Waals surface area contributed by atoms with E-state index in [4.69, 9.17) is 14.2 Å². The molecule has 1 aromatic carbocycles. The van der Waals surface area contributed by atoms with Crippen LogP contribution in [0.5, 0.6) is 11.5 Å². The second kappa shape index (κ2) is 5.27. The normalized spacial score (nSPS) is 23.3. The Kier molecular flexibility index (Phi) is 3.45. The molecule has 6 nitrogen and oxygen atoms in total. The quantitative estimate of drug-likeness (QED) is 0.858. The molecule has 0 radical (unpaired) electrons. The molecule has 1 N–H and O–H groups in total. The molecule has 3 rings (SSSR count). The van der Waals surface area contributed by atoms with Crippen molar-refractivity contribution in [2.75, 3.05) is 12.1 Å². The smallest absolute Gasteiger partial charge is 0.309 e. The lowest BCUT2D eigenvalue weighted by molar-refractivity contribution is -0.154. The number of carbonyl (C=O) groups is 2. The molecule has 1 fully saturated rings. The van der Waals surface area contributed by atoms with Gasteiger partial charge < -0.3 is 19.5 Å². The zero-order valence-electron chi connectivity index (χ0n) is 11.9. The molecule has 3 atom stereocenters. The third-order valence-corrected chi connectivity index (χ3v) is 3.71. The number of hydrogen-bond acceptors (Lipinski definition) is 5. The molecule has 2 aliphatic rings. The Balaban J connectivity index is 1.56. The first-order valence-corrected chi connectivity index (χ1v) is 6.95. The highest BCUT2D eigenvalue weighted by molar-refractivity contribution is 5.95. The third-order valence-electron chi connectivity index (χ3n) is 3.71. The number of fused-ring (bicyclic) bond motifs is 1. The summed E-state index contributed by atoms with van der Waals surface area (Å²) in [5, 5.41) is 2.70. The van der Waals surface area contributed by atoms with Crippen LogP contribution in [-0.2, 0) is 14.3 Å². The van der Waals surface area contributed by atoms with Crippen molar-refractivity contribution in [3.8, 4) is 11.5 Å². The van der Waals surface area contributed by atoms with Gasteiger partial charge in [0.2, 0.25) is 6.79 Å². The molecular formula is C15H17NO5. The van der Waals surface area contributed by atoms with Crippen molar-refractivity contribution >= 4 is 17.6 Å². The first kappa shape index (κ1) is 13.7. The number of ether oxygens (including phenoxy) is 3. The molecule has 112 valence electrons. The van der Waals surface area contributed by atoms with Gasteiger partial charge in [0.15, 0.2) is 17.6 Å². The van der Waals surface area contributed by atoms with Gasteiger partial charge in [0.05, 0.1) is 5.92 Å². The van der Waals surface area contributed by atoms with E-state index in [0.29, 0.717) is 23.1 Å². The van der Waals surface area contributed by atoms with Gasteiger partial charge in [0.1, 0.15) is 0 Å². The maximum Gasteiger partial charge on any atom is 0.309 e. The first-order valence-electron chi connectivity index (χ1n) is 6.95. The Morgan fingerprint density at radius 3 is 2.76 bits per heavy atom. The molecule has 0 unspecified atom stereocenters. The van der Waals surface area contributed by atoms with E-state index in [-0.39, 0.29) is 24.6 Å². The fourth-order valence-corrected chi connectivity index (χ4v) is 2.18. The molecule has 0 aromatic heterocycles. The second-order valence-corrected chi connectivity index (χ2v) is 5.46. The Bertz CT molecular complexity index is 585. The van der Waals surface area contributed by atoms with Gasteiger partial charge in [-0.25, -0.2) is 0 Å². The number of amides is 1. The number of benzene rings is 1. The molecule has 1 heterocycles. The van der Waals surface area contributed by atoms with Crippen LogP contribution in [0.25, 0.3) is 0 Å². The van der Waals surface area contributed by atoms with Crippen LogP contribution in [0, 0.1) is 11.8 Å². The predicted molar refractivity (Wildman–Crippen MR) is 74.0 cm³/mol. The van der Waals surface area contributed by atoms with E-state index < -0.39 is 6.10 Å². The van der Waals surface area contributed by atoms with E-state index in [1.807, 2.05) is 6.92 Å². The van der Waals surface area contributed by atoms with Gasteiger partial charge in [-0.3, -0.25) is 9.59 Å². The molecule has 0 saturated heterocycles. The zero-order chi connectivity index (χ0) is 15.0. The van der Waals surface area contributed by atoms with Crippen LogP contribution in [0.15, 0.2) is 18.2 Å². The van der Waals surface area contributed by atoms with Gasteiger partial charge in [-0.15, -0.1) is 0 Å². The van der Waals surface area contributed by atoms with Gasteiger partial charge in [0.25, 0.3) is 5.91 Å². The van der Waals surface area contributed by atoms with Crippen molar-refractivity contribution in [2.24, 2.45) is 11.8 Å². The van der Waals surface area contributed by atoms with E-state index in [0.717, 1.165) is 6.42 Å². The number of rotatable bonds is 4. The minimum atomic E-state index is -0.823. The van der Waals surface area contributed by atoms with Crippen LogP contribution >= 0.6 is 0 Å². The van der Waals surface area contributed by atoms with Crippen LogP contribution < -0.4 is 14.8 Å². The highest BCUT2D eigenvalue weighted by Crippen LogP contribution is 2.39. The molecule has 1 aliphatic heterocycles. The van der Waals surface area contributed by atoms with Crippen LogP contribution in [-0.4, -0.2) is 24.8 Å². The summed E-state index contributed by atoms with van der Waals surface area (Å²) in [6.07, 6.45) is 0.0192. The molecule has 0 bridgehead atoms. The summed E-state index contributed by atoms with van der Waals surface area (Å²) in [6.45, 7) is 3.73. The van der Waals surface area contributed by atoms with E-state index in [1.54, 1.807) is 25.1 Å². The lowest BCUT2D eigenvalue weighted by Gasteiger charge is -2.13. The van der Waals surface area contributed by atoms with Crippen LogP contribution in [0.1, 0.15) is 20.3 Å². The van der Waals surface area contributed by atoms with E-state index >= 15 is 0 Å².